The van der Waals surface area contributed by atoms with Gasteiger partial charge in [-0.3, -0.25) is 18.7 Å². The lowest BCUT2D eigenvalue weighted by molar-refractivity contribution is 0.304. The molecule has 0 amide bonds. The van der Waals surface area contributed by atoms with Crippen LogP contribution in [0.15, 0.2) is 47.3 Å². The minimum atomic E-state index is -0.223. The summed E-state index contributed by atoms with van der Waals surface area (Å²) in [7, 11) is 3.60. The summed E-state index contributed by atoms with van der Waals surface area (Å²) in [4.78, 5) is 14.6. The van der Waals surface area contributed by atoms with Crippen LogP contribution in [0.3, 0.4) is 0 Å². The predicted octanol–water partition coefficient (Wildman–Crippen LogP) is 2.66. The van der Waals surface area contributed by atoms with Crippen LogP contribution < -0.4 is 5.56 Å². The molecular weight excluding hydrogens is 345 g/mol. The lowest BCUT2D eigenvalue weighted by Crippen LogP contribution is -2.22. The fourth-order valence-corrected chi connectivity index (χ4v) is 3.38. The Morgan fingerprint density at radius 2 is 1.89 bits per heavy atom. The van der Waals surface area contributed by atoms with Gasteiger partial charge in [0.05, 0.1) is 17.4 Å². The first-order valence-corrected chi connectivity index (χ1v) is 8.71. The van der Waals surface area contributed by atoms with Gasteiger partial charge in [-0.2, -0.15) is 0 Å². The Kier molecular flexibility index (Phi) is 4.24. The van der Waals surface area contributed by atoms with Gasteiger partial charge in [0.1, 0.15) is 5.82 Å². The van der Waals surface area contributed by atoms with Crippen LogP contribution in [0.2, 0.25) is 0 Å². The summed E-state index contributed by atoms with van der Waals surface area (Å²) in [5, 5.41) is 9.12. The van der Waals surface area contributed by atoms with E-state index in [9.17, 15) is 9.18 Å². The Bertz CT molecular complexity index is 1210. The van der Waals surface area contributed by atoms with Crippen molar-refractivity contribution in [3.8, 4) is 0 Å². The molecule has 27 heavy (non-hydrogen) atoms. The molecular formula is C20H20FN5O. The number of nitrogens with zero attached hydrogens (tertiary/aromatic N) is 5. The molecule has 0 N–H and O–H groups in total. The predicted molar refractivity (Wildman–Crippen MR) is 102 cm³/mol. The van der Waals surface area contributed by atoms with Crippen molar-refractivity contribution in [1.29, 1.82) is 0 Å². The van der Waals surface area contributed by atoms with Crippen molar-refractivity contribution in [2.24, 2.45) is 7.05 Å². The largest absolute Gasteiger partial charge is 0.295 e. The molecule has 0 bridgehead atoms. The third-order valence-electron chi connectivity index (χ3n) is 4.75. The van der Waals surface area contributed by atoms with E-state index in [0.717, 1.165) is 11.1 Å². The standard InChI is InChI=1S/C20H20FN5O/c1-13-8-9-17-15(10-13)19(27)25(3)20-23-22-18(26(17)20)12-24(2)11-14-6-4-5-7-16(14)21/h4-10H,11-12H2,1-3H3. The molecule has 0 aliphatic rings. The Hall–Kier alpha value is -3.06. The molecule has 2 heterocycles. The second kappa shape index (κ2) is 6.59. The molecule has 138 valence electrons. The number of halogens is 1. The van der Waals surface area contributed by atoms with Crippen molar-refractivity contribution in [3.05, 3.63) is 75.6 Å². The Balaban J connectivity index is 1.78. The first-order valence-electron chi connectivity index (χ1n) is 8.71. The summed E-state index contributed by atoms with van der Waals surface area (Å²) >= 11 is 0. The first-order chi connectivity index (χ1) is 13.0. The maximum Gasteiger partial charge on any atom is 0.262 e. The number of aryl methyl sites for hydroxylation is 2. The normalized spacial score (nSPS) is 11.7. The Morgan fingerprint density at radius 3 is 2.67 bits per heavy atom. The van der Waals surface area contributed by atoms with E-state index in [2.05, 4.69) is 10.2 Å². The van der Waals surface area contributed by atoms with Crippen LogP contribution in [-0.4, -0.2) is 31.1 Å². The molecule has 2 aromatic heterocycles. The second-order valence-electron chi connectivity index (χ2n) is 6.90. The van der Waals surface area contributed by atoms with Crippen molar-refractivity contribution >= 4 is 16.7 Å². The van der Waals surface area contributed by atoms with Gasteiger partial charge in [0, 0.05) is 19.2 Å². The van der Waals surface area contributed by atoms with Crippen molar-refractivity contribution < 1.29 is 4.39 Å². The van der Waals surface area contributed by atoms with E-state index in [4.69, 9.17) is 0 Å². The van der Waals surface area contributed by atoms with Crippen LogP contribution in [0.4, 0.5) is 4.39 Å². The molecule has 7 heteroatoms. The summed E-state index contributed by atoms with van der Waals surface area (Å²) in [5.74, 6) is 0.970. The van der Waals surface area contributed by atoms with Crippen molar-refractivity contribution in [2.45, 2.75) is 20.0 Å². The van der Waals surface area contributed by atoms with Crippen LogP contribution in [0.1, 0.15) is 17.0 Å². The molecule has 0 aliphatic carbocycles. The zero-order chi connectivity index (χ0) is 19.1. The molecule has 0 unspecified atom stereocenters. The van der Waals surface area contributed by atoms with Gasteiger partial charge in [0.15, 0.2) is 5.82 Å². The van der Waals surface area contributed by atoms with Gasteiger partial charge in [-0.1, -0.05) is 29.8 Å². The molecule has 2 aromatic carbocycles. The van der Waals surface area contributed by atoms with Crippen molar-refractivity contribution in [3.63, 3.8) is 0 Å². The minimum absolute atomic E-state index is 0.0974. The third kappa shape index (κ3) is 3.00. The average Bonchev–Trinajstić information content (AvgIpc) is 3.05. The average molecular weight is 365 g/mol. The highest BCUT2D eigenvalue weighted by molar-refractivity contribution is 5.81. The fourth-order valence-electron chi connectivity index (χ4n) is 3.38. The van der Waals surface area contributed by atoms with Crippen LogP contribution in [-0.2, 0) is 20.1 Å². The molecule has 0 fully saturated rings. The zero-order valence-electron chi connectivity index (χ0n) is 15.5. The first kappa shape index (κ1) is 17.4. The van der Waals surface area contributed by atoms with Crippen LogP contribution in [0, 0.1) is 12.7 Å². The smallest absolute Gasteiger partial charge is 0.262 e. The van der Waals surface area contributed by atoms with E-state index in [1.54, 1.807) is 19.2 Å². The van der Waals surface area contributed by atoms with E-state index < -0.39 is 0 Å². The molecule has 0 radical (unpaired) electrons. The topological polar surface area (TPSA) is 55.4 Å². The molecule has 0 saturated carbocycles. The Morgan fingerprint density at radius 1 is 1.11 bits per heavy atom. The molecule has 6 nitrogen and oxygen atoms in total. The summed E-state index contributed by atoms with van der Waals surface area (Å²) in [6, 6.07) is 12.5. The van der Waals surface area contributed by atoms with E-state index in [0.29, 0.717) is 35.6 Å². The molecule has 0 aliphatic heterocycles. The summed E-state index contributed by atoms with van der Waals surface area (Å²) in [6.07, 6.45) is 0. The second-order valence-corrected chi connectivity index (χ2v) is 6.90. The van der Waals surface area contributed by atoms with Crippen LogP contribution >= 0.6 is 0 Å². The number of aromatic nitrogens is 4. The van der Waals surface area contributed by atoms with Gasteiger partial charge in [0.25, 0.3) is 5.56 Å². The van der Waals surface area contributed by atoms with Crippen LogP contribution in [0.25, 0.3) is 16.7 Å². The van der Waals surface area contributed by atoms with E-state index in [-0.39, 0.29) is 11.4 Å². The molecule has 0 atom stereocenters. The zero-order valence-corrected chi connectivity index (χ0v) is 15.5. The van der Waals surface area contributed by atoms with Crippen LogP contribution in [0.5, 0.6) is 0 Å². The van der Waals surface area contributed by atoms with Crippen molar-refractivity contribution in [2.75, 3.05) is 7.05 Å². The lowest BCUT2D eigenvalue weighted by Gasteiger charge is -2.16. The number of hydrogen-bond acceptors (Lipinski definition) is 4. The fraction of sp³-hybridized carbons (Fsp3) is 0.250. The summed E-state index contributed by atoms with van der Waals surface area (Å²) < 4.78 is 17.3. The van der Waals surface area contributed by atoms with Gasteiger partial charge in [-0.15, -0.1) is 10.2 Å². The lowest BCUT2D eigenvalue weighted by atomic mass is 10.1. The molecule has 4 rings (SSSR count). The molecule has 4 aromatic rings. The number of benzene rings is 2. The molecule has 0 saturated heterocycles. The highest BCUT2D eigenvalue weighted by atomic mass is 19.1. The van der Waals surface area contributed by atoms with Gasteiger partial charge >= 0.3 is 0 Å². The number of fused-ring (bicyclic) bond motifs is 3. The summed E-state index contributed by atoms with van der Waals surface area (Å²) in [6.45, 7) is 2.87. The quantitative estimate of drug-likeness (QED) is 0.558. The maximum atomic E-state index is 13.9. The van der Waals surface area contributed by atoms with E-state index >= 15 is 0 Å². The summed E-state index contributed by atoms with van der Waals surface area (Å²) in [5.41, 5.74) is 2.32. The molecule has 0 spiro atoms. The van der Waals surface area contributed by atoms with E-state index in [1.165, 1.54) is 10.6 Å². The van der Waals surface area contributed by atoms with Gasteiger partial charge in [0.2, 0.25) is 5.78 Å². The highest BCUT2D eigenvalue weighted by Gasteiger charge is 2.16. The van der Waals surface area contributed by atoms with Gasteiger partial charge in [-0.25, -0.2) is 4.39 Å². The number of rotatable bonds is 4. The van der Waals surface area contributed by atoms with E-state index in [1.807, 2.05) is 47.5 Å². The van der Waals surface area contributed by atoms with Gasteiger partial charge < -0.3 is 0 Å². The maximum absolute atomic E-state index is 13.9. The highest BCUT2D eigenvalue weighted by Crippen LogP contribution is 2.17. The van der Waals surface area contributed by atoms with Crippen molar-refractivity contribution in [1.82, 2.24) is 24.1 Å². The minimum Gasteiger partial charge on any atom is -0.295 e. The monoisotopic (exact) mass is 365 g/mol. The third-order valence-corrected chi connectivity index (χ3v) is 4.75. The SMILES string of the molecule is Cc1ccc2c(c1)c(=O)n(C)c1nnc(CN(C)Cc3ccccc3F)n21. The number of hydrogen-bond donors (Lipinski definition) is 0. The van der Waals surface area contributed by atoms with Gasteiger partial charge in [-0.05, 0) is 32.2 Å². The Labute approximate surface area is 155 Å².